The largest absolute Gasteiger partial charge is 0.468 e. The fraction of sp³-hybridized carbons (Fsp3) is 0.231. The number of rotatable bonds is 5. The lowest BCUT2D eigenvalue weighted by molar-refractivity contribution is -0.141. The third-order valence-electron chi connectivity index (χ3n) is 2.69. The zero-order chi connectivity index (χ0) is 15.4. The van der Waals surface area contributed by atoms with Crippen molar-refractivity contribution in [1.29, 1.82) is 0 Å². The number of nitrogens with two attached hydrogens (primary N) is 1. The van der Waals surface area contributed by atoms with Gasteiger partial charge in [-0.15, -0.1) is 0 Å². The van der Waals surface area contributed by atoms with Crippen LogP contribution in [0.3, 0.4) is 0 Å². The number of aromatic nitrogens is 2. The van der Waals surface area contributed by atoms with Crippen LogP contribution in [0.15, 0.2) is 34.2 Å². The highest BCUT2D eigenvalue weighted by atomic mass is 32.2. The van der Waals surface area contributed by atoms with Gasteiger partial charge in [-0.25, -0.2) is 4.98 Å². The quantitative estimate of drug-likeness (QED) is 0.479. The first kappa shape index (κ1) is 15.0. The van der Waals surface area contributed by atoms with E-state index in [-0.39, 0.29) is 23.0 Å². The maximum Gasteiger partial charge on any atom is 0.325 e. The van der Waals surface area contributed by atoms with E-state index in [9.17, 15) is 14.4 Å². The summed E-state index contributed by atoms with van der Waals surface area (Å²) in [5.41, 5.74) is 5.23. The Kier molecular flexibility index (Phi) is 4.59. The van der Waals surface area contributed by atoms with E-state index in [1.165, 1.54) is 11.7 Å². The summed E-state index contributed by atoms with van der Waals surface area (Å²) >= 11 is 1.01. The third-order valence-corrected chi connectivity index (χ3v) is 3.68. The molecule has 110 valence electrons. The summed E-state index contributed by atoms with van der Waals surface area (Å²) in [6, 6.07) is 6.78. The van der Waals surface area contributed by atoms with Gasteiger partial charge in [-0.2, -0.15) is 0 Å². The molecule has 0 bridgehead atoms. The minimum Gasteiger partial charge on any atom is -0.468 e. The van der Waals surface area contributed by atoms with Gasteiger partial charge in [-0.1, -0.05) is 23.9 Å². The summed E-state index contributed by atoms with van der Waals surface area (Å²) in [7, 11) is 1.23. The summed E-state index contributed by atoms with van der Waals surface area (Å²) in [5, 5.41) is 0.646. The molecule has 0 saturated heterocycles. The fourth-order valence-corrected chi connectivity index (χ4v) is 2.46. The summed E-state index contributed by atoms with van der Waals surface area (Å²) in [4.78, 5) is 39.1. The topological polar surface area (TPSA) is 104 Å². The van der Waals surface area contributed by atoms with Crippen molar-refractivity contribution in [3.05, 3.63) is 34.6 Å². The van der Waals surface area contributed by atoms with Gasteiger partial charge >= 0.3 is 5.97 Å². The molecule has 0 radical (unpaired) electrons. The molecule has 1 amide bonds. The SMILES string of the molecule is COC(=O)Cn1c(SCC(N)=O)nc2ccccc2c1=O. The first-order valence-electron chi connectivity index (χ1n) is 6.00. The molecule has 1 aromatic heterocycles. The van der Waals surface area contributed by atoms with E-state index < -0.39 is 11.9 Å². The first-order chi connectivity index (χ1) is 10.0. The zero-order valence-corrected chi connectivity index (χ0v) is 12.1. The second-order valence-electron chi connectivity index (χ2n) is 4.13. The van der Waals surface area contributed by atoms with Crippen LogP contribution in [0, 0.1) is 0 Å². The zero-order valence-electron chi connectivity index (χ0n) is 11.2. The number of hydrogen-bond donors (Lipinski definition) is 1. The van der Waals surface area contributed by atoms with E-state index in [0.717, 1.165) is 11.8 Å². The van der Waals surface area contributed by atoms with Crippen molar-refractivity contribution < 1.29 is 14.3 Å². The molecular weight excluding hydrogens is 294 g/mol. The Labute approximate surface area is 124 Å². The van der Waals surface area contributed by atoms with Gasteiger partial charge in [-0.3, -0.25) is 19.0 Å². The van der Waals surface area contributed by atoms with Crippen LogP contribution in [0.5, 0.6) is 0 Å². The van der Waals surface area contributed by atoms with Crippen molar-refractivity contribution in [1.82, 2.24) is 9.55 Å². The Morgan fingerprint density at radius 1 is 1.38 bits per heavy atom. The predicted octanol–water partition coefficient (Wildman–Crippen LogP) is 0.147. The molecule has 0 spiro atoms. The number of thioether (sulfide) groups is 1. The van der Waals surface area contributed by atoms with Crippen LogP contribution in [-0.2, 0) is 20.9 Å². The molecule has 2 rings (SSSR count). The van der Waals surface area contributed by atoms with Crippen molar-refractivity contribution in [3.63, 3.8) is 0 Å². The Morgan fingerprint density at radius 2 is 2.10 bits per heavy atom. The lowest BCUT2D eigenvalue weighted by Gasteiger charge is -2.11. The number of fused-ring (bicyclic) bond motifs is 1. The van der Waals surface area contributed by atoms with Gasteiger partial charge < -0.3 is 10.5 Å². The van der Waals surface area contributed by atoms with E-state index >= 15 is 0 Å². The van der Waals surface area contributed by atoms with Crippen molar-refractivity contribution >= 4 is 34.5 Å². The van der Waals surface area contributed by atoms with Gasteiger partial charge in [0.05, 0.1) is 23.8 Å². The smallest absolute Gasteiger partial charge is 0.325 e. The number of amides is 1. The number of nitrogens with zero attached hydrogens (tertiary/aromatic N) is 2. The predicted molar refractivity (Wildman–Crippen MR) is 77.9 cm³/mol. The molecule has 0 aliphatic rings. The number of para-hydroxylation sites is 1. The number of benzene rings is 1. The van der Waals surface area contributed by atoms with Crippen LogP contribution in [-0.4, -0.2) is 34.3 Å². The molecule has 0 atom stereocenters. The lowest BCUT2D eigenvalue weighted by atomic mass is 10.2. The van der Waals surface area contributed by atoms with Crippen LogP contribution in [0.2, 0.25) is 0 Å². The highest BCUT2D eigenvalue weighted by Gasteiger charge is 2.15. The van der Waals surface area contributed by atoms with Gasteiger partial charge in [0, 0.05) is 0 Å². The Bertz CT molecular complexity index is 757. The summed E-state index contributed by atoms with van der Waals surface area (Å²) in [6.07, 6.45) is 0. The highest BCUT2D eigenvalue weighted by molar-refractivity contribution is 7.99. The number of carbonyl (C=O) groups excluding carboxylic acids is 2. The number of esters is 1. The summed E-state index contributed by atoms with van der Waals surface area (Å²) < 4.78 is 5.76. The van der Waals surface area contributed by atoms with Crippen LogP contribution in [0.25, 0.3) is 10.9 Å². The Morgan fingerprint density at radius 3 is 2.76 bits per heavy atom. The van der Waals surface area contributed by atoms with Crippen LogP contribution in [0.4, 0.5) is 0 Å². The number of carbonyl (C=O) groups is 2. The third kappa shape index (κ3) is 3.40. The molecule has 8 heteroatoms. The molecular formula is C13H13N3O4S. The molecule has 2 N–H and O–H groups in total. The molecule has 7 nitrogen and oxygen atoms in total. The van der Waals surface area contributed by atoms with Crippen molar-refractivity contribution in [2.75, 3.05) is 12.9 Å². The second-order valence-corrected chi connectivity index (χ2v) is 5.08. The van der Waals surface area contributed by atoms with Crippen LogP contribution < -0.4 is 11.3 Å². The van der Waals surface area contributed by atoms with Crippen molar-refractivity contribution in [2.24, 2.45) is 5.73 Å². The second kappa shape index (κ2) is 6.40. The number of hydrogen-bond acceptors (Lipinski definition) is 6. The number of primary amides is 1. The molecule has 0 aliphatic heterocycles. The monoisotopic (exact) mass is 307 g/mol. The van der Waals surface area contributed by atoms with Crippen LogP contribution >= 0.6 is 11.8 Å². The Hall–Kier alpha value is -2.35. The van der Waals surface area contributed by atoms with E-state index in [1.54, 1.807) is 24.3 Å². The van der Waals surface area contributed by atoms with Crippen molar-refractivity contribution in [2.45, 2.75) is 11.7 Å². The van der Waals surface area contributed by atoms with E-state index in [1.807, 2.05) is 0 Å². The summed E-state index contributed by atoms with van der Waals surface area (Å²) in [5.74, 6) is -1.14. The molecule has 2 aromatic rings. The minimum absolute atomic E-state index is 0.0358. The molecule has 0 aliphatic carbocycles. The van der Waals surface area contributed by atoms with Gasteiger partial charge in [0.1, 0.15) is 6.54 Å². The normalized spacial score (nSPS) is 10.5. The minimum atomic E-state index is -0.574. The number of ether oxygens (including phenoxy) is 1. The first-order valence-corrected chi connectivity index (χ1v) is 6.99. The van der Waals surface area contributed by atoms with E-state index in [0.29, 0.717) is 10.9 Å². The lowest BCUT2D eigenvalue weighted by Crippen LogP contribution is -2.28. The van der Waals surface area contributed by atoms with Gasteiger partial charge in [-0.05, 0) is 12.1 Å². The number of methoxy groups -OCH3 is 1. The standard InChI is InChI=1S/C13H13N3O4S/c1-20-11(18)6-16-12(19)8-4-2-3-5-9(8)15-13(16)21-7-10(14)17/h2-5H,6-7H2,1H3,(H2,14,17). The maximum atomic E-state index is 12.4. The molecule has 1 heterocycles. The maximum absolute atomic E-state index is 12.4. The fourth-order valence-electron chi connectivity index (χ4n) is 1.73. The molecule has 1 aromatic carbocycles. The molecule has 0 unspecified atom stereocenters. The van der Waals surface area contributed by atoms with Gasteiger partial charge in [0.2, 0.25) is 5.91 Å². The molecule has 0 fully saturated rings. The average molecular weight is 307 g/mol. The van der Waals surface area contributed by atoms with Gasteiger partial charge in [0.25, 0.3) is 5.56 Å². The van der Waals surface area contributed by atoms with E-state index in [4.69, 9.17) is 5.73 Å². The van der Waals surface area contributed by atoms with Crippen LogP contribution in [0.1, 0.15) is 0 Å². The summed E-state index contributed by atoms with van der Waals surface area (Å²) in [6.45, 7) is -0.270. The van der Waals surface area contributed by atoms with E-state index in [2.05, 4.69) is 9.72 Å². The molecule has 0 saturated carbocycles. The molecule has 21 heavy (non-hydrogen) atoms. The average Bonchev–Trinajstić information content (AvgIpc) is 2.48. The van der Waals surface area contributed by atoms with Crippen molar-refractivity contribution in [3.8, 4) is 0 Å². The highest BCUT2D eigenvalue weighted by Crippen LogP contribution is 2.17. The van der Waals surface area contributed by atoms with Gasteiger partial charge in [0.15, 0.2) is 5.16 Å². The Balaban J connectivity index is 2.56.